The molecule has 7 aromatic rings. The Morgan fingerprint density at radius 2 is 1.14 bits per heavy atom. The highest BCUT2D eigenvalue weighted by atomic mass is 16.4. The van der Waals surface area contributed by atoms with Crippen LogP contribution in [0.25, 0.3) is 67.2 Å². The lowest BCUT2D eigenvalue weighted by Crippen LogP contribution is -2.00. The summed E-state index contributed by atoms with van der Waals surface area (Å²) in [7, 11) is 0. The van der Waals surface area contributed by atoms with Crippen LogP contribution in [-0.2, 0) is 0 Å². The minimum absolute atomic E-state index is 0.149. The highest BCUT2D eigenvalue weighted by Crippen LogP contribution is 2.48. The third kappa shape index (κ3) is 4.22. The van der Waals surface area contributed by atoms with E-state index in [9.17, 15) is 5.11 Å². The number of rotatable bonds is 5. The summed E-state index contributed by atoms with van der Waals surface area (Å²) in [6.07, 6.45) is 1.22. The van der Waals surface area contributed by atoms with Gasteiger partial charge in [0.1, 0.15) is 5.58 Å². The predicted octanol–water partition coefficient (Wildman–Crippen LogP) is 9.27. The van der Waals surface area contributed by atoms with Gasteiger partial charge in [0.2, 0.25) is 0 Å². The second-order valence-electron chi connectivity index (χ2n) is 11.1. The van der Waals surface area contributed by atoms with Gasteiger partial charge in [-0.3, -0.25) is 0 Å². The monoisotopic (exact) mass is 545 g/mol. The van der Waals surface area contributed by atoms with Crippen LogP contribution in [0.4, 0.5) is 0 Å². The molecule has 1 fully saturated rings. The van der Waals surface area contributed by atoms with Gasteiger partial charge in [-0.25, -0.2) is 15.0 Å². The summed E-state index contributed by atoms with van der Waals surface area (Å²) in [4.78, 5) is 14.4. The molecule has 2 atom stereocenters. The zero-order valence-electron chi connectivity index (χ0n) is 23.0. The maximum atomic E-state index is 11.3. The topological polar surface area (TPSA) is 72.0 Å². The zero-order chi connectivity index (χ0) is 28.2. The fraction of sp³-hybridized carbons (Fsp3) is 0.108. The van der Waals surface area contributed by atoms with E-state index in [1.54, 1.807) is 0 Å². The number of furan rings is 1. The number of aromatic hydroxyl groups is 1. The van der Waals surface area contributed by atoms with Crippen molar-refractivity contribution in [3.8, 4) is 51.0 Å². The Kier molecular flexibility index (Phi) is 5.64. The summed E-state index contributed by atoms with van der Waals surface area (Å²) < 4.78 is 6.23. The number of phenols is 1. The van der Waals surface area contributed by atoms with Crippen LogP contribution in [0.3, 0.4) is 0 Å². The average molecular weight is 546 g/mol. The molecule has 0 aliphatic heterocycles. The maximum absolute atomic E-state index is 11.3. The molecule has 1 aliphatic carbocycles. The molecule has 1 saturated carbocycles. The van der Waals surface area contributed by atoms with Crippen molar-refractivity contribution in [2.75, 3.05) is 0 Å². The van der Waals surface area contributed by atoms with Crippen LogP contribution in [0.1, 0.15) is 24.8 Å². The van der Waals surface area contributed by atoms with Crippen molar-refractivity contribution in [1.29, 1.82) is 0 Å². The lowest BCUT2D eigenvalue weighted by atomic mass is 10.00. The second-order valence-corrected chi connectivity index (χ2v) is 11.1. The van der Waals surface area contributed by atoms with E-state index >= 15 is 0 Å². The van der Waals surface area contributed by atoms with Gasteiger partial charge < -0.3 is 9.52 Å². The van der Waals surface area contributed by atoms with Gasteiger partial charge in [-0.2, -0.15) is 0 Å². The molecule has 0 spiro atoms. The third-order valence-corrected chi connectivity index (χ3v) is 8.33. The fourth-order valence-corrected chi connectivity index (χ4v) is 5.83. The molecule has 0 amide bonds. The first-order valence-corrected chi connectivity index (χ1v) is 14.3. The summed E-state index contributed by atoms with van der Waals surface area (Å²) in [5.41, 5.74) is 6.97. The molecule has 42 heavy (non-hydrogen) atoms. The standard InChI is InChI=1S/C37H27N3O2/c1-22-20-31(22)27-16-17-29-30-19-18-28(33(41)34(30)42-32(29)21-27)23-12-14-26(15-13-23)37-39-35(24-8-4-2-5-9-24)38-36(40-37)25-10-6-3-7-11-25/h2-19,21-22,31,41H,20H2,1H3/t22?,31-/m0/s1. The Bertz CT molecular complexity index is 2030. The Morgan fingerprint density at radius 3 is 1.71 bits per heavy atom. The number of phenolic OH excluding ortho intramolecular Hbond substituents is 1. The van der Waals surface area contributed by atoms with Crippen LogP contribution in [0.2, 0.25) is 0 Å². The van der Waals surface area contributed by atoms with Crippen LogP contribution >= 0.6 is 0 Å². The van der Waals surface area contributed by atoms with E-state index < -0.39 is 0 Å². The molecule has 8 rings (SSSR count). The Hall–Kier alpha value is -5.29. The number of hydrogen-bond donors (Lipinski definition) is 1. The highest BCUT2D eigenvalue weighted by molar-refractivity contribution is 6.08. The van der Waals surface area contributed by atoms with E-state index in [0.29, 0.717) is 29.0 Å². The van der Waals surface area contributed by atoms with Gasteiger partial charge in [-0.15, -0.1) is 0 Å². The van der Waals surface area contributed by atoms with Gasteiger partial charge in [-0.1, -0.05) is 104 Å². The summed E-state index contributed by atoms with van der Waals surface area (Å²) >= 11 is 0. The average Bonchev–Trinajstić information content (AvgIpc) is 3.67. The number of fused-ring (bicyclic) bond motifs is 3. The number of nitrogens with zero attached hydrogens (tertiary/aromatic N) is 3. The summed E-state index contributed by atoms with van der Waals surface area (Å²) in [6.45, 7) is 2.28. The van der Waals surface area contributed by atoms with E-state index in [4.69, 9.17) is 19.4 Å². The van der Waals surface area contributed by atoms with E-state index in [2.05, 4.69) is 25.1 Å². The van der Waals surface area contributed by atoms with Crippen LogP contribution in [0.15, 0.2) is 120 Å². The first-order valence-electron chi connectivity index (χ1n) is 14.3. The number of aromatic nitrogens is 3. The first-order chi connectivity index (χ1) is 20.6. The zero-order valence-corrected chi connectivity index (χ0v) is 23.0. The molecule has 1 N–H and O–H groups in total. The van der Waals surface area contributed by atoms with Crippen LogP contribution in [-0.4, -0.2) is 20.1 Å². The highest BCUT2D eigenvalue weighted by Gasteiger charge is 2.34. The molecule has 5 heteroatoms. The van der Waals surface area contributed by atoms with Crippen molar-refractivity contribution < 1.29 is 9.52 Å². The summed E-state index contributed by atoms with van der Waals surface area (Å²) in [6, 6.07) is 38.3. The van der Waals surface area contributed by atoms with Gasteiger partial charge in [-0.05, 0) is 47.6 Å². The van der Waals surface area contributed by atoms with E-state index in [0.717, 1.165) is 50.1 Å². The maximum Gasteiger partial charge on any atom is 0.177 e. The van der Waals surface area contributed by atoms with Crippen LogP contribution in [0.5, 0.6) is 5.75 Å². The number of hydrogen-bond acceptors (Lipinski definition) is 5. The molecule has 0 saturated heterocycles. The quantitative estimate of drug-likeness (QED) is 0.233. The Balaban J connectivity index is 1.18. The van der Waals surface area contributed by atoms with Crippen molar-refractivity contribution in [1.82, 2.24) is 15.0 Å². The molecule has 5 aromatic carbocycles. The van der Waals surface area contributed by atoms with Gasteiger partial charge in [0.15, 0.2) is 28.8 Å². The van der Waals surface area contributed by atoms with Gasteiger partial charge in [0.25, 0.3) is 0 Å². The smallest absolute Gasteiger partial charge is 0.177 e. The van der Waals surface area contributed by atoms with E-state index in [1.807, 2.05) is 97.1 Å². The molecule has 202 valence electrons. The molecule has 0 bridgehead atoms. The fourth-order valence-electron chi connectivity index (χ4n) is 5.83. The molecular formula is C37H27N3O2. The summed E-state index contributed by atoms with van der Waals surface area (Å²) in [5.74, 6) is 3.32. The molecule has 2 aromatic heterocycles. The lowest BCUT2D eigenvalue weighted by Gasteiger charge is -2.09. The predicted molar refractivity (Wildman–Crippen MR) is 167 cm³/mol. The molecule has 1 aliphatic rings. The third-order valence-electron chi connectivity index (χ3n) is 8.33. The first kappa shape index (κ1) is 24.5. The normalized spacial score (nSPS) is 16.2. The van der Waals surface area contributed by atoms with Gasteiger partial charge in [0.05, 0.1) is 0 Å². The minimum atomic E-state index is 0.149. The minimum Gasteiger partial charge on any atom is -0.504 e. The number of benzene rings is 5. The summed E-state index contributed by atoms with van der Waals surface area (Å²) in [5, 5.41) is 13.3. The SMILES string of the molecule is CC1C[C@@H]1c1ccc2c(c1)oc1c(O)c(-c3ccc(-c4nc(-c5ccccc5)nc(-c5ccccc5)n4)cc3)ccc12. The molecule has 0 radical (unpaired) electrons. The van der Waals surface area contributed by atoms with Crippen molar-refractivity contribution >= 4 is 21.9 Å². The van der Waals surface area contributed by atoms with Crippen molar-refractivity contribution in [2.24, 2.45) is 5.92 Å². The largest absolute Gasteiger partial charge is 0.504 e. The Labute approximate surface area is 243 Å². The second kappa shape index (κ2) is 9.67. The van der Waals surface area contributed by atoms with Crippen molar-refractivity contribution in [3.63, 3.8) is 0 Å². The molecular weight excluding hydrogens is 518 g/mol. The van der Waals surface area contributed by atoms with E-state index in [1.165, 1.54) is 12.0 Å². The lowest BCUT2D eigenvalue weighted by molar-refractivity contribution is 0.470. The van der Waals surface area contributed by atoms with Crippen molar-refractivity contribution in [3.05, 3.63) is 121 Å². The molecule has 5 nitrogen and oxygen atoms in total. The van der Waals surface area contributed by atoms with Gasteiger partial charge in [0, 0.05) is 33.0 Å². The molecule has 1 unspecified atom stereocenters. The Morgan fingerprint density at radius 1 is 0.619 bits per heavy atom. The molecule has 2 heterocycles. The van der Waals surface area contributed by atoms with E-state index in [-0.39, 0.29) is 5.75 Å². The van der Waals surface area contributed by atoms with Crippen LogP contribution < -0.4 is 0 Å². The van der Waals surface area contributed by atoms with Gasteiger partial charge >= 0.3 is 0 Å². The van der Waals surface area contributed by atoms with Crippen molar-refractivity contribution in [2.45, 2.75) is 19.3 Å². The van der Waals surface area contributed by atoms with Crippen LogP contribution in [0, 0.1) is 5.92 Å².